The van der Waals surface area contributed by atoms with Gasteiger partial charge < -0.3 is 28.8 Å². The van der Waals surface area contributed by atoms with E-state index in [1.165, 1.54) is 180 Å². The van der Waals surface area contributed by atoms with Crippen LogP contribution in [-0.4, -0.2) is 68.5 Å². The van der Waals surface area contributed by atoms with E-state index in [9.17, 15) is 19.4 Å². The molecule has 340 valence electrons. The molecule has 0 aliphatic heterocycles. The van der Waals surface area contributed by atoms with Gasteiger partial charge >= 0.3 is 0 Å². The Bertz CT molecular complexity index is 942. The lowest BCUT2D eigenvalue weighted by Crippen LogP contribution is -2.45. The number of carbonyl (C=O) groups is 1. The molecule has 0 fully saturated rings. The summed E-state index contributed by atoms with van der Waals surface area (Å²) >= 11 is 0. The molecule has 8 nitrogen and oxygen atoms in total. The smallest absolute Gasteiger partial charge is 0.268 e. The van der Waals surface area contributed by atoms with Crippen molar-refractivity contribution in [2.24, 2.45) is 0 Å². The molecular weight excluding hydrogens is 732 g/mol. The number of aliphatic hydroxyl groups is 1. The Hall–Kier alpha value is -0.760. The number of carbonyl (C=O) groups excluding carboxylic acids is 1. The first-order chi connectivity index (χ1) is 27.5. The van der Waals surface area contributed by atoms with Crippen molar-refractivity contribution in [2.75, 3.05) is 40.9 Å². The first kappa shape index (κ1) is 56.2. The number of phosphoric acid groups is 1. The van der Waals surface area contributed by atoms with Gasteiger partial charge in [0.25, 0.3) is 7.82 Å². The van der Waals surface area contributed by atoms with Crippen molar-refractivity contribution in [1.82, 2.24) is 5.32 Å². The van der Waals surface area contributed by atoms with Crippen LogP contribution >= 0.6 is 7.82 Å². The largest absolute Gasteiger partial charge is 0.756 e. The van der Waals surface area contributed by atoms with Crippen LogP contribution in [0.1, 0.15) is 239 Å². The molecule has 0 saturated heterocycles. The average molecular weight is 829 g/mol. The maximum atomic E-state index is 12.8. The van der Waals surface area contributed by atoms with Crippen molar-refractivity contribution in [3.05, 3.63) is 12.2 Å². The van der Waals surface area contributed by atoms with Gasteiger partial charge in [0, 0.05) is 6.42 Å². The van der Waals surface area contributed by atoms with Crippen LogP contribution in [0.25, 0.3) is 0 Å². The van der Waals surface area contributed by atoms with Crippen LogP contribution in [0.3, 0.4) is 0 Å². The SMILES string of the molecule is CCCCCCCC/C=C/C(O)C(COP(=O)([O-])OCC[N+](C)(C)C)NC(=O)CCCCCCCCCCCCCCCCCCCCCCCCCCCCC. The summed E-state index contributed by atoms with van der Waals surface area (Å²) in [5.74, 6) is -0.196. The molecule has 0 radical (unpaired) electrons. The van der Waals surface area contributed by atoms with Gasteiger partial charge in [-0.25, -0.2) is 0 Å². The molecule has 0 aromatic heterocycles. The molecule has 0 aromatic carbocycles. The number of nitrogens with one attached hydrogen (secondary N) is 1. The third-order valence-electron chi connectivity index (χ3n) is 11.2. The maximum Gasteiger partial charge on any atom is 0.268 e. The average Bonchev–Trinajstić information content (AvgIpc) is 3.16. The van der Waals surface area contributed by atoms with E-state index in [0.717, 1.165) is 38.5 Å². The Morgan fingerprint density at radius 3 is 1.32 bits per heavy atom. The van der Waals surface area contributed by atoms with E-state index >= 15 is 0 Å². The lowest BCUT2D eigenvalue weighted by atomic mass is 10.0. The minimum absolute atomic E-state index is 0.00163. The zero-order valence-electron chi connectivity index (χ0n) is 38.6. The van der Waals surface area contributed by atoms with Crippen LogP contribution in [0.5, 0.6) is 0 Å². The van der Waals surface area contributed by atoms with Crippen molar-refractivity contribution >= 4 is 13.7 Å². The molecule has 57 heavy (non-hydrogen) atoms. The molecular formula is C48H97N2O6P. The van der Waals surface area contributed by atoms with Crippen LogP contribution in [-0.2, 0) is 18.4 Å². The summed E-state index contributed by atoms with van der Waals surface area (Å²) in [5.41, 5.74) is 0. The first-order valence-corrected chi connectivity index (χ1v) is 26.0. The molecule has 0 bridgehead atoms. The van der Waals surface area contributed by atoms with Crippen LogP contribution in [0.2, 0.25) is 0 Å². The van der Waals surface area contributed by atoms with Gasteiger partial charge in [-0.15, -0.1) is 0 Å². The van der Waals surface area contributed by atoms with E-state index in [1.54, 1.807) is 6.08 Å². The van der Waals surface area contributed by atoms with Crippen molar-refractivity contribution in [2.45, 2.75) is 251 Å². The highest BCUT2D eigenvalue weighted by Gasteiger charge is 2.23. The summed E-state index contributed by atoms with van der Waals surface area (Å²) in [4.78, 5) is 25.2. The molecule has 0 heterocycles. The Balaban J connectivity index is 3.99. The second-order valence-corrected chi connectivity index (χ2v) is 19.6. The number of unbranched alkanes of at least 4 members (excludes halogenated alkanes) is 32. The van der Waals surface area contributed by atoms with Gasteiger partial charge in [0.15, 0.2) is 0 Å². The topological polar surface area (TPSA) is 108 Å². The Labute approximate surface area is 354 Å². The third kappa shape index (κ3) is 43.1. The van der Waals surface area contributed by atoms with Crippen LogP contribution < -0.4 is 10.2 Å². The number of hydrogen-bond acceptors (Lipinski definition) is 6. The van der Waals surface area contributed by atoms with Gasteiger partial charge in [-0.2, -0.15) is 0 Å². The van der Waals surface area contributed by atoms with Gasteiger partial charge in [-0.1, -0.05) is 225 Å². The fourth-order valence-electron chi connectivity index (χ4n) is 7.33. The zero-order valence-corrected chi connectivity index (χ0v) is 39.5. The number of quaternary nitrogens is 1. The van der Waals surface area contributed by atoms with E-state index in [-0.39, 0.29) is 19.1 Å². The molecule has 3 unspecified atom stereocenters. The number of allylic oxidation sites excluding steroid dienone is 1. The number of nitrogens with zero attached hydrogens (tertiary/aromatic N) is 1. The van der Waals surface area contributed by atoms with E-state index < -0.39 is 20.0 Å². The van der Waals surface area contributed by atoms with E-state index in [2.05, 4.69) is 19.2 Å². The van der Waals surface area contributed by atoms with Gasteiger partial charge in [-0.3, -0.25) is 9.36 Å². The van der Waals surface area contributed by atoms with Crippen molar-refractivity contribution in [3.8, 4) is 0 Å². The molecule has 0 aromatic rings. The van der Waals surface area contributed by atoms with Crippen molar-refractivity contribution in [3.63, 3.8) is 0 Å². The highest BCUT2D eigenvalue weighted by Crippen LogP contribution is 2.38. The fraction of sp³-hybridized carbons (Fsp3) is 0.938. The van der Waals surface area contributed by atoms with Crippen LogP contribution in [0, 0.1) is 0 Å². The third-order valence-corrected chi connectivity index (χ3v) is 12.2. The number of rotatable bonds is 45. The molecule has 1 amide bonds. The first-order valence-electron chi connectivity index (χ1n) is 24.6. The molecule has 0 rings (SSSR count). The maximum absolute atomic E-state index is 12.8. The van der Waals surface area contributed by atoms with E-state index in [0.29, 0.717) is 17.4 Å². The summed E-state index contributed by atoms with van der Waals surface area (Å²) in [6.45, 7) is 4.62. The van der Waals surface area contributed by atoms with Crippen LogP contribution in [0.15, 0.2) is 12.2 Å². The molecule has 0 spiro atoms. The second kappa shape index (κ2) is 40.6. The molecule has 9 heteroatoms. The van der Waals surface area contributed by atoms with Gasteiger partial charge in [0.1, 0.15) is 13.2 Å². The Morgan fingerprint density at radius 2 is 0.947 bits per heavy atom. The zero-order chi connectivity index (χ0) is 42.1. The van der Waals surface area contributed by atoms with E-state index in [1.807, 2.05) is 27.2 Å². The Morgan fingerprint density at radius 1 is 0.596 bits per heavy atom. The molecule has 3 atom stereocenters. The molecule has 0 saturated carbocycles. The molecule has 0 aliphatic rings. The summed E-state index contributed by atoms with van der Waals surface area (Å²) in [5, 5.41) is 13.7. The lowest BCUT2D eigenvalue weighted by molar-refractivity contribution is -0.870. The summed E-state index contributed by atoms with van der Waals surface area (Å²) in [7, 11) is 1.27. The fourth-order valence-corrected chi connectivity index (χ4v) is 8.05. The second-order valence-electron chi connectivity index (χ2n) is 18.2. The lowest BCUT2D eigenvalue weighted by Gasteiger charge is -2.29. The number of likely N-dealkylation sites (N-methyl/N-ethyl adjacent to an activating group) is 1. The quantitative estimate of drug-likeness (QED) is 0.0274. The Kier molecular flexibility index (Phi) is 40.1. The standard InChI is InChI=1S/C48H97N2O6P/c1-6-8-10-12-14-16-17-18-19-20-21-22-23-24-25-26-27-28-29-30-31-32-33-34-36-38-40-42-48(52)49-46(45-56-57(53,54)55-44-43-50(3,4)5)47(51)41-39-37-35-15-13-11-9-7-2/h39,41,46-47,51H,6-38,40,42-45H2,1-5H3,(H-,49,52,53,54)/b41-39+. The van der Waals surface area contributed by atoms with Crippen molar-refractivity contribution < 1.29 is 32.9 Å². The number of phosphoric ester groups is 1. The predicted octanol–water partition coefficient (Wildman–Crippen LogP) is 13.3. The van der Waals surface area contributed by atoms with Crippen LogP contribution in [0.4, 0.5) is 0 Å². The highest BCUT2D eigenvalue weighted by atomic mass is 31.2. The summed E-state index contributed by atoms with van der Waals surface area (Å²) in [6.07, 6.45) is 47.3. The molecule has 0 aliphatic carbocycles. The minimum atomic E-state index is -4.58. The minimum Gasteiger partial charge on any atom is -0.756 e. The number of aliphatic hydroxyl groups excluding tert-OH is 1. The monoisotopic (exact) mass is 829 g/mol. The van der Waals surface area contributed by atoms with E-state index in [4.69, 9.17) is 9.05 Å². The van der Waals surface area contributed by atoms with Gasteiger partial charge in [0.05, 0.1) is 39.9 Å². The number of hydrogen-bond donors (Lipinski definition) is 2. The van der Waals surface area contributed by atoms with Gasteiger partial charge in [0.2, 0.25) is 5.91 Å². The normalized spacial score (nSPS) is 14.3. The van der Waals surface area contributed by atoms with Gasteiger partial charge in [-0.05, 0) is 19.3 Å². The highest BCUT2D eigenvalue weighted by molar-refractivity contribution is 7.45. The summed E-state index contributed by atoms with van der Waals surface area (Å²) in [6, 6.07) is -0.878. The number of amides is 1. The molecule has 2 N–H and O–H groups in total. The van der Waals surface area contributed by atoms with Crippen molar-refractivity contribution in [1.29, 1.82) is 0 Å². The summed E-state index contributed by atoms with van der Waals surface area (Å²) < 4.78 is 23.1. The predicted molar refractivity (Wildman–Crippen MR) is 242 cm³/mol.